The molecule has 1 rings (SSSR count). The molecule has 4 heteroatoms. The van der Waals surface area contributed by atoms with Crippen LogP contribution in [-0.4, -0.2) is 17.0 Å². The van der Waals surface area contributed by atoms with Gasteiger partial charge in [-0.2, -0.15) is 0 Å². The predicted molar refractivity (Wildman–Crippen MR) is 45.7 cm³/mol. The first kappa shape index (κ1) is 10.1. The van der Waals surface area contributed by atoms with E-state index in [4.69, 9.17) is 0 Å². The Labute approximate surface area is 78.6 Å². The van der Waals surface area contributed by atoms with Crippen LogP contribution in [0.1, 0.15) is 25.7 Å². The summed E-state index contributed by atoms with van der Waals surface area (Å²) in [5.74, 6) is -2.39. The van der Waals surface area contributed by atoms with Gasteiger partial charge in [0.1, 0.15) is 6.29 Å². The second-order valence-corrected chi connectivity index (χ2v) is 4.33. The first-order chi connectivity index (χ1) is 5.55. The van der Waals surface area contributed by atoms with E-state index in [9.17, 15) is 13.6 Å². The highest BCUT2D eigenvalue weighted by atomic mass is 79.9. The average molecular weight is 241 g/mol. The molecule has 1 nitrogen and oxygen atoms in total. The van der Waals surface area contributed by atoms with E-state index in [1.807, 2.05) is 0 Å². The van der Waals surface area contributed by atoms with E-state index < -0.39 is 5.92 Å². The highest BCUT2D eigenvalue weighted by molar-refractivity contribution is 9.09. The average Bonchev–Trinajstić information content (AvgIpc) is 2.03. The van der Waals surface area contributed by atoms with E-state index in [0.29, 0.717) is 12.8 Å². The number of alkyl halides is 3. The molecule has 1 unspecified atom stereocenters. The van der Waals surface area contributed by atoms with Gasteiger partial charge in [-0.25, -0.2) is 8.78 Å². The molecule has 0 aromatic carbocycles. The van der Waals surface area contributed by atoms with Crippen molar-refractivity contribution in [1.82, 2.24) is 0 Å². The molecule has 1 aliphatic carbocycles. The standard InChI is InChI=1S/C8H11BrF2O/c9-7(5-12)6-1-3-8(10,11)4-2-6/h5-7H,1-4H2. The highest BCUT2D eigenvalue weighted by Crippen LogP contribution is 2.38. The van der Waals surface area contributed by atoms with Crippen molar-refractivity contribution in [2.45, 2.75) is 36.4 Å². The fraction of sp³-hybridized carbons (Fsp3) is 0.875. The molecule has 70 valence electrons. The van der Waals surface area contributed by atoms with Crippen molar-refractivity contribution in [2.75, 3.05) is 0 Å². The Hall–Kier alpha value is 0.01000. The summed E-state index contributed by atoms with van der Waals surface area (Å²) in [6.45, 7) is 0. The van der Waals surface area contributed by atoms with E-state index in [0.717, 1.165) is 6.29 Å². The molecule has 12 heavy (non-hydrogen) atoms. The summed E-state index contributed by atoms with van der Waals surface area (Å²) in [7, 11) is 0. The van der Waals surface area contributed by atoms with Crippen molar-refractivity contribution >= 4 is 22.2 Å². The molecular weight excluding hydrogens is 230 g/mol. The minimum atomic E-state index is -2.49. The van der Waals surface area contributed by atoms with Gasteiger partial charge >= 0.3 is 0 Å². The largest absolute Gasteiger partial charge is 0.302 e. The summed E-state index contributed by atoms with van der Waals surface area (Å²) < 4.78 is 25.3. The van der Waals surface area contributed by atoms with Crippen molar-refractivity contribution in [3.05, 3.63) is 0 Å². The zero-order valence-corrected chi connectivity index (χ0v) is 8.19. The van der Waals surface area contributed by atoms with Crippen LogP contribution in [0.15, 0.2) is 0 Å². The van der Waals surface area contributed by atoms with Crippen molar-refractivity contribution in [3.63, 3.8) is 0 Å². The normalized spacial score (nSPS) is 26.6. The van der Waals surface area contributed by atoms with Crippen LogP contribution >= 0.6 is 15.9 Å². The molecule has 1 saturated carbocycles. The first-order valence-electron chi connectivity index (χ1n) is 4.02. The molecule has 0 aromatic heterocycles. The van der Waals surface area contributed by atoms with E-state index in [2.05, 4.69) is 15.9 Å². The maximum Gasteiger partial charge on any atom is 0.248 e. The smallest absolute Gasteiger partial charge is 0.248 e. The zero-order chi connectivity index (χ0) is 9.19. The lowest BCUT2D eigenvalue weighted by Crippen LogP contribution is -2.29. The third-order valence-corrected chi connectivity index (χ3v) is 3.31. The fourth-order valence-corrected chi connectivity index (χ4v) is 2.02. The van der Waals surface area contributed by atoms with E-state index in [1.165, 1.54) is 0 Å². The van der Waals surface area contributed by atoms with Gasteiger partial charge in [0.2, 0.25) is 5.92 Å². The van der Waals surface area contributed by atoms with Gasteiger partial charge in [-0.3, -0.25) is 0 Å². The maximum atomic E-state index is 12.6. The van der Waals surface area contributed by atoms with Crippen molar-refractivity contribution < 1.29 is 13.6 Å². The van der Waals surface area contributed by atoms with Crippen molar-refractivity contribution in [3.8, 4) is 0 Å². The maximum absolute atomic E-state index is 12.6. The number of hydrogen-bond donors (Lipinski definition) is 0. The van der Waals surface area contributed by atoms with Gasteiger partial charge in [0.05, 0.1) is 4.83 Å². The van der Waals surface area contributed by atoms with E-state index in [-0.39, 0.29) is 23.6 Å². The lowest BCUT2D eigenvalue weighted by molar-refractivity contribution is -0.109. The van der Waals surface area contributed by atoms with Crippen molar-refractivity contribution in [1.29, 1.82) is 0 Å². The van der Waals surface area contributed by atoms with Crippen molar-refractivity contribution in [2.24, 2.45) is 5.92 Å². The molecule has 0 aromatic rings. The Morgan fingerprint density at radius 3 is 2.33 bits per heavy atom. The molecule has 0 saturated heterocycles. The SMILES string of the molecule is O=CC(Br)C1CCC(F)(F)CC1. The summed E-state index contributed by atoms with van der Waals surface area (Å²) in [6, 6.07) is 0. The molecule has 0 aliphatic heterocycles. The van der Waals surface area contributed by atoms with Crippen LogP contribution in [-0.2, 0) is 4.79 Å². The van der Waals surface area contributed by atoms with Gasteiger partial charge in [0.15, 0.2) is 0 Å². The Bertz CT molecular complexity index is 162. The Kier molecular flexibility index (Phi) is 3.21. The molecule has 0 amide bonds. The molecule has 1 fully saturated rings. The summed E-state index contributed by atoms with van der Waals surface area (Å²) in [4.78, 5) is 10.1. The second kappa shape index (κ2) is 3.81. The van der Waals surface area contributed by atoms with E-state index >= 15 is 0 Å². The quantitative estimate of drug-likeness (QED) is 0.536. The van der Waals surface area contributed by atoms with Crippen LogP contribution in [0.3, 0.4) is 0 Å². The minimum absolute atomic E-state index is 0.0758. The van der Waals surface area contributed by atoms with Gasteiger partial charge in [0, 0.05) is 12.8 Å². The van der Waals surface area contributed by atoms with Gasteiger partial charge in [-0.15, -0.1) is 0 Å². The van der Waals surface area contributed by atoms with Crippen LogP contribution in [0, 0.1) is 5.92 Å². The lowest BCUT2D eigenvalue weighted by atomic mass is 9.85. The van der Waals surface area contributed by atoms with Gasteiger partial charge in [-0.05, 0) is 18.8 Å². The first-order valence-corrected chi connectivity index (χ1v) is 4.94. The number of rotatable bonds is 2. The number of carbonyl (C=O) groups is 1. The van der Waals surface area contributed by atoms with Crippen LogP contribution < -0.4 is 0 Å². The van der Waals surface area contributed by atoms with Crippen LogP contribution in [0.5, 0.6) is 0 Å². The molecular formula is C8H11BrF2O. The zero-order valence-electron chi connectivity index (χ0n) is 6.60. The van der Waals surface area contributed by atoms with Gasteiger partial charge < -0.3 is 4.79 Å². The molecule has 1 aliphatic rings. The summed E-state index contributed by atoms with van der Waals surface area (Å²) in [5.41, 5.74) is 0. The monoisotopic (exact) mass is 240 g/mol. The second-order valence-electron chi connectivity index (χ2n) is 3.27. The molecule has 1 atom stereocenters. The summed E-state index contributed by atoms with van der Waals surface area (Å²) in [5, 5.41) is 0. The topological polar surface area (TPSA) is 17.1 Å². The number of hydrogen-bond acceptors (Lipinski definition) is 1. The number of carbonyl (C=O) groups excluding carboxylic acids is 1. The third-order valence-electron chi connectivity index (χ3n) is 2.34. The molecule has 0 N–H and O–H groups in total. The highest BCUT2D eigenvalue weighted by Gasteiger charge is 2.36. The molecule has 0 spiro atoms. The number of aldehydes is 1. The minimum Gasteiger partial charge on any atom is -0.302 e. The van der Waals surface area contributed by atoms with Crippen LogP contribution in [0.2, 0.25) is 0 Å². The lowest BCUT2D eigenvalue weighted by Gasteiger charge is -2.29. The summed E-state index contributed by atoms with van der Waals surface area (Å²) in [6.07, 6.45) is 1.53. The predicted octanol–water partition coefficient (Wildman–Crippen LogP) is 2.77. The number of halogens is 3. The molecule has 0 radical (unpaired) electrons. The van der Waals surface area contributed by atoms with Gasteiger partial charge in [-0.1, -0.05) is 15.9 Å². The van der Waals surface area contributed by atoms with Crippen LogP contribution in [0.4, 0.5) is 8.78 Å². The third kappa shape index (κ3) is 2.51. The fourth-order valence-electron chi connectivity index (χ4n) is 1.49. The Morgan fingerprint density at radius 2 is 1.92 bits per heavy atom. The summed E-state index contributed by atoms with van der Waals surface area (Å²) >= 11 is 3.16. The molecule has 0 heterocycles. The van der Waals surface area contributed by atoms with Gasteiger partial charge in [0.25, 0.3) is 0 Å². The Balaban J connectivity index is 2.40. The molecule has 0 bridgehead atoms. The van der Waals surface area contributed by atoms with Crippen LogP contribution in [0.25, 0.3) is 0 Å². The Morgan fingerprint density at radius 1 is 1.42 bits per heavy atom. The van der Waals surface area contributed by atoms with E-state index in [1.54, 1.807) is 0 Å².